The number of thioether (sulfide) groups is 1. The van der Waals surface area contributed by atoms with E-state index in [-0.39, 0.29) is 17.0 Å². The molecule has 2 aromatic rings. The number of nitrogens with zero attached hydrogens (tertiary/aromatic N) is 1. The molecule has 0 aliphatic carbocycles. The Bertz CT molecular complexity index is 623. The Morgan fingerprint density at radius 3 is 2.84 bits per heavy atom. The van der Waals surface area contributed by atoms with Crippen LogP contribution in [-0.2, 0) is 4.79 Å². The van der Waals surface area contributed by atoms with E-state index in [0.717, 1.165) is 16.8 Å². The van der Waals surface area contributed by atoms with Crippen molar-refractivity contribution in [3.8, 4) is 0 Å². The predicted octanol–water partition coefficient (Wildman–Crippen LogP) is 2.63. The average Bonchev–Trinajstić information content (AvgIpc) is 2.65. The van der Waals surface area contributed by atoms with Crippen molar-refractivity contribution < 1.29 is 9.18 Å². The van der Waals surface area contributed by atoms with Crippen molar-refractivity contribution >= 4 is 23.5 Å². The van der Waals surface area contributed by atoms with E-state index in [1.807, 2.05) is 6.92 Å². The molecule has 0 fully saturated rings. The quantitative estimate of drug-likeness (QED) is 0.842. The summed E-state index contributed by atoms with van der Waals surface area (Å²) >= 11 is 1.52. The number of amides is 1. The number of H-pyrrole nitrogens is 1. The summed E-state index contributed by atoms with van der Waals surface area (Å²) in [6.45, 7) is 1.92. The smallest absolute Gasteiger partial charge is 0.235 e. The van der Waals surface area contributed by atoms with Gasteiger partial charge in [-0.1, -0.05) is 12.1 Å². The maximum atomic E-state index is 13.0. The molecular weight excluding hydrogens is 265 g/mol. The lowest BCUT2D eigenvalue weighted by molar-refractivity contribution is -0.113. The molecule has 98 valence electrons. The van der Waals surface area contributed by atoms with Gasteiger partial charge in [-0.3, -0.25) is 9.89 Å². The molecule has 1 atom stereocenters. The first-order valence-corrected chi connectivity index (χ1v) is 6.92. The third-order valence-electron chi connectivity index (χ3n) is 3.07. The zero-order valence-electron chi connectivity index (χ0n) is 10.2. The minimum Gasteiger partial charge on any atom is -0.308 e. The van der Waals surface area contributed by atoms with Gasteiger partial charge < -0.3 is 5.32 Å². The number of carbonyl (C=O) groups is 1. The van der Waals surface area contributed by atoms with Crippen LogP contribution in [-0.4, -0.2) is 21.9 Å². The second-order valence-electron chi connectivity index (χ2n) is 4.40. The van der Waals surface area contributed by atoms with Crippen molar-refractivity contribution in [3.05, 3.63) is 46.9 Å². The Morgan fingerprint density at radius 2 is 2.11 bits per heavy atom. The monoisotopic (exact) mass is 277 g/mol. The number of halogens is 1. The van der Waals surface area contributed by atoms with Gasteiger partial charge in [-0.2, -0.15) is 5.10 Å². The van der Waals surface area contributed by atoms with Crippen molar-refractivity contribution in [2.45, 2.75) is 12.2 Å². The van der Waals surface area contributed by atoms with Gasteiger partial charge in [-0.25, -0.2) is 4.39 Å². The van der Waals surface area contributed by atoms with Gasteiger partial charge in [-0.05, 0) is 24.6 Å². The van der Waals surface area contributed by atoms with Gasteiger partial charge in [0.2, 0.25) is 5.91 Å². The fraction of sp³-hybridized carbons (Fsp3) is 0.231. The average molecular weight is 277 g/mol. The van der Waals surface area contributed by atoms with Crippen LogP contribution in [0.25, 0.3) is 0 Å². The summed E-state index contributed by atoms with van der Waals surface area (Å²) in [4.78, 5) is 11.6. The van der Waals surface area contributed by atoms with E-state index in [0.29, 0.717) is 11.6 Å². The van der Waals surface area contributed by atoms with E-state index in [9.17, 15) is 9.18 Å². The van der Waals surface area contributed by atoms with Gasteiger partial charge in [-0.15, -0.1) is 11.8 Å². The van der Waals surface area contributed by atoms with Crippen LogP contribution in [0.3, 0.4) is 0 Å². The molecule has 1 aromatic carbocycles. The fourth-order valence-electron chi connectivity index (χ4n) is 2.16. The summed E-state index contributed by atoms with van der Waals surface area (Å²) in [6.07, 6.45) is 0. The number of hydrogen-bond donors (Lipinski definition) is 2. The summed E-state index contributed by atoms with van der Waals surface area (Å²) < 4.78 is 13.0. The lowest BCUT2D eigenvalue weighted by Gasteiger charge is -2.14. The maximum absolute atomic E-state index is 13.0. The van der Waals surface area contributed by atoms with Crippen molar-refractivity contribution in [2.75, 3.05) is 11.1 Å². The van der Waals surface area contributed by atoms with Crippen LogP contribution < -0.4 is 5.32 Å². The van der Waals surface area contributed by atoms with Crippen LogP contribution in [0.1, 0.15) is 22.1 Å². The minimum absolute atomic E-state index is 0.0201. The molecule has 2 N–H and O–H groups in total. The number of carbonyl (C=O) groups excluding carboxylic acids is 1. The number of benzene rings is 1. The van der Waals surface area contributed by atoms with Crippen molar-refractivity contribution in [2.24, 2.45) is 0 Å². The normalized spacial score (nSPS) is 18.6. The molecule has 19 heavy (non-hydrogen) atoms. The van der Waals surface area contributed by atoms with E-state index < -0.39 is 0 Å². The highest BCUT2D eigenvalue weighted by Gasteiger charge is 2.27. The molecular formula is C13H12FN3OS. The number of hydrogen-bond acceptors (Lipinski definition) is 3. The summed E-state index contributed by atoms with van der Waals surface area (Å²) in [6, 6.07) is 6.37. The van der Waals surface area contributed by atoms with Crippen LogP contribution in [0.4, 0.5) is 10.2 Å². The maximum Gasteiger partial charge on any atom is 0.235 e. The first kappa shape index (κ1) is 12.2. The molecule has 3 rings (SSSR count). The lowest BCUT2D eigenvalue weighted by Crippen LogP contribution is -2.12. The Morgan fingerprint density at radius 1 is 1.37 bits per heavy atom. The van der Waals surface area contributed by atoms with Gasteiger partial charge in [0, 0.05) is 11.3 Å². The summed E-state index contributed by atoms with van der Waals surface area (Å²) in [5.41, 5.74) is 2.84. The molecule has 0 saturated carbocycles. The van der Waals surface area contributed by atoms with Crippen LogP contribution in [0.5, 0.6) is 0 Å². The second-order valence-corrected chi connectivity index (χ2v) is 5.50. The highest BCUT2D eigenvalue weighted by atomic mass is 32.2. The molecule has 0 radical (unpaired) electrons. The predicted molar refractivity (Wildman–Crippen MR) is 72.7 cm³/mol. The van der Waals surface area contributed by atoms with Crippen molar-refractivity contribution in [1.29, 1.82) is 0 Å². The Hall–Kier alpha value is -1.82. The Balaban J connectivity index is 2.08. The number of anilines is 1. The molecule has 1 amide bonds. The van der Waals surface area contributed by atoms with E-state index in [1.165, 1.54) is 23.9 Å². The van der Waals surface area contributed by atoms with E-state index in [4.69, 9.17) is 0 Å². The third kappa shape index (κ3) is 2.23. The largest absolute Gasteiger partial charge is 0.308 e. The van der Waals surface area contributed by atoms with Gasteiger partial charge in [0.1, 0.15) is 5.82 Å². The summed E-state index contributed by atoms with van der Waals surface area (Å²) in [7, 11) is 0. The molecule has 2 heterocycles. The van der Waals surface area contributed by atoms with E-state index >= 15 is 0 Å². The number of aryl methyl sites for hydroxylation is 1. The Kier molecular flexibility index (Phi) is 3.02. The highest BCUT2D eigenvalue weighted by molar-refractivity contribution is 8.00. The SMILES string of the molecule is Cc1[nH]nc2c1[C@@H](c1ccc(F)cc1)SCC(=O)N2. The topological polar surface area (TPSA) is 57.8 Å². The molecule has 0 unspecified atom stereocenters. The molecule has 4 nitrogen and oxygen atoms in total. The number of rotatable bonds is 1. The molecule has 1 aromatic heterocycles. The van der Waals surface area contributed by atoms with Crippen molar-refractivity contribution in [3.63, 3.8) is 0 Å². The molecule has 1 aliphatic rings. The van der Waals surface area contributed by atoms with Gasteiger partial charge in [0.25, 0.3) is 0 Å². The first-order valence-electron chi connectivity index (χ1n) is 5.87. The van der Waals surface area contributed by atoms with Gasteiger partial charge in [0.15, 0.2) is 5.82 Å². The lowest BCUT2D eigenvalue weighted by atomic mass is 10.0. The first-order chi connectivity index (χ1) is 9.15. The Labute approximate surface area is 113 Å². The number of nitrogens with one attached hydrogen (secondary N) is 2. The second kappa shape index (κ2) is 4.70. The zero-order chi connectivity index (χ0) is 13.4. The number of fused-ring (bicyclic) bond motifs is 1. The summed E-state index contributed by atoms with van der Waals surface area (Å²) in [5.74, 6) is 0.600. The fourth-order valence-corrected chi connectivity index (χ4v) is 3.36. The van der Waals surface area contributed by atoms with E-state index in [2.05, 4.69) is 15.5 Å². The summed E-state index contributed by atoms with van der Waals surface area (Å²) in [5, 5.41) is 9.76. The van der Waals surface area contributed by atoms with Crippen LogP contribution in [0, 0.1) is 12.7 Å². The molecule has 1 aliphatic heterocycles. The minimum atomic E-state index is -0.263. The molecule has 6 heteroatoms. The van der Waals surface area contributed by atoms with Crippen LogP contribution >= 0.6 is 11.8 Å². The number of aromatic nitrogens is 2. The zero-order valence-corrected chi connectivity index (χ0v) is 11.1. The van der Waals surface area contributed by atoms with Gasteiger partial charge >= 0.3 is 0 Å². The molecule has 0 bridgehead atoms. The van der Waals surface area contributed by atoms with E-state index in [1.54, 1.807) is 12.1 Å². The van der Waals surface area contributed by atoms with Crippen LogP contribution in [0.15, 0.2) is 24.3 Å². The molecule has 0 saturated heterocycles. The highest BCUT2D eigenvalue weighted by Crippen LogP contribution is 2.41. The van der Waals surface area contributed by atoms with Crippen molar-refractivity contribution in [1.82, 2.24) is 10.2 Å². The van der Waals surface area contributed by atoms with Gasteiger partial charge in [0.05, 0.1) is 11.0 Å². The third-order valence-corrected chi connectivity index (χ3v) is 4.34. The number of aromatic amines is 1. The van der Waals surface area contributed by atoms with Crippen LogP contribution in [0.2, 0.25) is 0 Å². The molecule has 0 spiro atoms. The standard InChI is InChI=1S/C13H12FN3OS/c1-7-11-12(8-2-4-9(14)5-3-8)19-6-10(18)15-13(11)17-16-7/h2-5,12H,6H2,1H3,(H2,15,16,17,18)/t12-/m1/s1.